The van der Waals surface area contributed by atoms with Crippen molar-refractivity contribution < 1.29 is 69.0 Å². The third-order valence-electron chi connectivity index (χ3n) is 13.2. The highest BCUT2D eigenvalue weighted by molar-refractivity contribution is 5.71. The molecular weight excluding hydrogens is 933 g/mol. The summed E-state index contributed by atoms with van der Waals surface area (Å²) in [5.74, 6) is -0.503. The molecular formula is C59H102O14. The van der Waals surface area contributed by atoms with Crippen LogP contribution in [0, 0.1) is 0 Å². The van der Waals surface area contributed by atoms with Gasteiger partial charge in [0.05, 0.1) is 32.8 Å². The predicted octanol–water partition coefficient (Wildman–Crippen LogP) is 9.86. The SMILES string of the molecule is CC/C=C\C/C=C\C/C=C\C/C=C\C/C=C\CC(=O)OC(COCCCCCCCCCCCCCC/C=C\CCCCCCCCCC)COC1OC(COC2OC(CO)C(O)C(O)C2O)C(O)C(O)C1O. The van der Waals surface area contributed by atoms with E-state index in [9.17, 15) is 40.5 Å². The van der Waals surface area contributed by atoms with E-state index in [2.05, 4.69) is 68.5 Å². The Morgan fingerprint density at radius 1 is 0.466 bits per heavy atom. The Morgan fingerprint density at radius 3 is 1.38 bits per heavy atom. The van der Waals surface area contributed by atoms with Crippen LogP contribution in [0.15, 0.2) is 72.9 Å². The number of hydrogen-bond acceptors (Lipinski definition) is 14. The molecule has 0 radical (unpaired) electrons. The fourth-order valence-corrected chi connectivity index (χ4v) is 8.65. The lowest BCUT2D eigenvalue weighted by Crippen LogP contribution is -2.61. The van der Waals surface area contributed by atoms with Crippen molar-refractivity contribution in [2.24, 2.45) is 0 Å². The van der Waals surface area contributed by atoms with Crippen LogP contribution in [-0.4, -0.2) is 142 Å². The van der Waals surface area contributed by atoms with Gasteiger partial charge in [-0.05, 0) is 64.2 Å². The van der Waals surface area contributed by atoms with Crippen LogP contribution in [0.1, 0.15) is 194 Å². The fourth-order valence-electron chi connectivity index (χ4n) is 8.65. The zero-order chi connectivity index (χ0) is 53.0. The van der Waals surface area contributed by atoms with Gasteiger partial charge in [0.15, 0.2) is 12.6 Å². The van der Waals surface area contributed by atoms with Gasteiger partial charge in [-0.1, -0.05) is 196 Å². The van der Waals surface area contributed by atoms with Crippen molar-refractivity contribution >= 4 is 5.97 Å². The second-order valence-electron chi connectivity index (χ2n) is 19.7. The summed E-state index contributed by atoms with van der Waals surface area (Å²) < 4.78 is 34.2. The molecule has 14 heteroatoms. The first kappa shape index (κ1) is 66.5. The molecule has 0 saturated carbocycles. The number of ether oxygens (including phenoxy) is 6. The molecule has 0 bridgehead atoms. The normalized spacial score (nSPS) is 25.5. The lowest BCUT2D eigenvalue weighted by molar-refractivity contribution is -0.332. The molecule has 0 aromatic carbocycles. The largest absolute Gasteiger partial charge is 0.457 e. The summed E-state index contributed by atoms with van der Waals surface area (Å²) in [5.41, 5.74) is 0. The van der Waals surface area contributed by atoms with Gasteiger partial charge in [0.1, 0.15) is 54.9 Å². The molecule has 2 aliphatic heterocycles. The molecule has 422 valence electrons. The van der Waals surface area contributed by atoms with Crippen LogP contribution in [0.3, 0.4) is 0 Å². The lowest BCUT2D eigenvalue weighted by atomic mass is 9.98. The maximum Gasteiger partial charge on any atom is 0.310 e. The molecule has 2 saturated heterocycles. The Balaban J connectivity index is 1.72. The number of allylic oxidation sites excluding steroid dienone is 11. The van der Waals surface area contributed by atoms with E-state index in [0.29, 0.717) is 13.0 Å². The van der Waals surface area contributed by atoms with Crippen LogP contribution in [-0.2, 0) is 33.2 Å². The molecule has 0 aromatic rings. The van der Waals surface area contributed by atoms with Crippen LogP contribution in [0.25, 0.3) is 0 Å². The summed E-state index contributed by atoms with van der Waals surface area (Å²) in [7, 11) is 0. The van der Waals surface area contributed by atoms with Crippen molar-refractivity contribution in [1.82, 2.24) is 0 Å². The zero-order valence-corrected chi connectivity index (χ0v) is 45.1. The van der Waals surface area contributed by atoms with E-state index in [4.69, 9.17) is 28.4 Å². The maximum absolute atomic E-state index is 13.0. The van der Waals surface area contributed by atoms with Crippen molar-refractivity contribution in [2.45, 2.75) is 261 Å². The summed E-state index contributed by atoms with van der Waals surface area (Å²) in [6, 6.07) is 0. The van der Waals surface area contributed by atoms with Gasteiger partial charge in [-0.2, -0.15) is 0 Å². The zero-order valence-electron chi connectivity index (χ0n) is 45.1. The Bertz CT molecular complexity index is 1480. The van der Waals surface area contributed by atoms with Gasteiger partial charge < -0.3 is 64.2 Å². The molecule has 2 aliphatic rings. The molecule has 7 N–H and O–H groups in total. The molecule has 0 aromatic heterocycles. The minimum absolute atomic E-state index is 0.0190. The van der Waals surface area contributed by atoms with Crippen LogP contribution in [0.4, 0.5) is 0 Å². The van der Waals surface area contributed by atoms with Gasteiger partial charge in [0, 0.05) is 6.61 Å². The van der Waals surface area contributed by atoms with E-state index in [-0.39, 0.29) is 19.6 Å². The fraction of sp³-hybridized carbons (Fsp3) is 0.780. The van der Waals surface area contributed by atoms with E-state index in [0.717, 1.165) is 44.9 Å². The average Bonchev–Trinajstić information content (AvgIpc) is 3.39. The molecule has 73 heavy (non-hydrogen) atoms. The number of unbranched alkanes of at least 4 members (excludes halogenated alkanes) is 20. The minimum Gasteiger partial charge on any atom is -0.457 e. The standard InChI is InChI=1S/C59H102O14/c1-3-5-7-9-11-13-15-17-19-20-21-22-23-24-25-26-27-29-31-33-35-37-39-41-43-68-45-48(71-51(61)42-40-38-36-34-32-30-28-18-16-14-12-10-8-6-4-2)46-69-58-57(67)55(65)53(63)50(73-58)47-70-59-56(66)54(64)52(62)49(44-60)72-59/h6,8,12,14,18,20-21,28,32,34,38,40,48-50,52-60,62-67H,3-5,7,9-11,13,15-17,19,22-27,29-31,33,35-37,39,41-47H2,1-2H3/b8-6-,14-12-,21-20-,28-18-,34-32-,40-38-. The van der Waals surface area contributed by atoms with Crippen LogP contribution in [0.2, 0.25) is 0 Å². The van der Waals surface area contributed by atoms with Gasteiger partial charge in [0.2, 0.25) is 0 Å². The average molecular weight is 1040 g/mol. The second kappa shape index (κ2) is 45.6. The van der Waals surface area contributed by atoms with Gasteiger partial charge >= 0.3 is 5.97 Å². The number of aliphatic hydroxyl groups is 7. The highest BCUT2D eigenvalue weighted by Gasteiger charge is 2.47. The van der Waals surface area contributed by atoms with Crippen LogP contribution in [0.5, 0.6) is 0 Å². The Morgan fingerprint density at radius 2 is 0.890 bits per heavy atom. The van der Waals surface area contributed by atoms with Crippen molar-refractivity contribution in [2.75, 3.05) is 33.0 Å². The number of esters is 1. The van der Waals surface area contributed by atoms with Crippen LogP contribution < -0.4 is 0 Å². The Hall–Kier alpha value is -2.57. The van der Waals surface area contributed by atoms with Crippen LogP contribution >= 0.6 is 0 Å². The number of aliphatic hydroxyl groups excluding tert-OH is 7. The van der Waals surface area contributed by atoms with E-state index in [1.807, 2.05) is 12.2 Å². The highest BCUT2D eigenvalue weighted by Crippen LogP contribution is 2.26. The third-order valence-corrected chi connectivity index (χ3v) is 13.2. The third kappa shape index (κ3) is 32.6. The Labute approximate surface area is 440 Å². The summed E-state index contributed by atoms with van der Waals surface area (Å²) in [4.78, 5) is 13.0. The van der Waals surface area contributed by atoms with Crippen molar-refractivity contribution in [3.63, 3.8) is 0 Å². The molecule has 0 spiro atoms. The molecule has 0 aliphatic carbocycles. The maximum atomic E-state index is 13.0. The van der Waals surface area contributed by atoms with Gasteiger partial charge in [0.25, 0.3) is 0 Å². The molecule has 0 amide bonds. The van der Waals surface area contributed by atoms with Gasteiger partial charge in [-0.3, -0.25) is 4.79 Å². The van der Waals surface area contributed by atoms with Crippen molar-refractivity contribution in [3.8, 4) is 0 Å². The monoisotopic (exact) mass is 1030 g/mol. The summed E-state index contributed by atoms with van der Waals surface area (Å²) in [5, 5.41) is 72.2. The summed E-state index contributed by atoms with van der Waals surface area (Å²) >= 11 is 0. The first-order valence-electron chi connectivity index (χ1n) is 28.5. The number of rotatable bonds is 45. The molecule has 2 rings (SSSR count). The number of hydrogen-bond donors (Lipinski definition) is 7. The van der Waals surface area contributed by atoms with Gasteiger partial charge in [-0.15, -0.1) is 0 Å². The smallest absolute Gasteiger partial charge is 0.310 e. The van der Waals surface area contributed by atoms with Crippen molar-refractivity contribution in [3.05, 3.63) is 72.9 Å². The number of carbonyl (C=O) groups excluding carboxylic acids is 1. The van der Waals surface area contributed by atoms with Gasteiger partial charge in [-0.25, -0.2) is 0 Å². The van der Waals surface area contributed by atoms with Crippen molar-refractivity contribution in [1.29, 1.82) is 0 Å². The van der Waals surface area contributed by atoms with E-state index in [1.165, 1.54) is 122 Å². The minimum atomic E-state index is -1.73. The topological polar surface area (TPSA) is 214 Å². The first-order chi connectivity index (χ1) is 35.6. The van der Waals surface area contributed by atoms with E-state index >= 15 is 0 Å². The van der Waals surface area contributed by atoms with E-state index in [1.54, 1.807) is 6.08 Å². The molecule has 14 nitrogen and oxygen atoms in total. The second-order valence-corrected chi connectivity index (χ2v) is 19.7. The molecule has 11 unspecified atom stereocenters. The highest BCUT2D eigenvalue weighted by atomic mass is 16.7. The lowest BCUT2D eigenvalue weighted by Gasteiger charge is -2.42. The molecule has 11 atom stereocenters. The number of carbonyl (C=O) groups is 1. The molecule has 2 heterocycles. The summed E-state index contributed by atoms with van der Waals surface area (Å²) in [6.45, 7) is 3.45. The summed E-state index contributed by atoms with van der Waals surface area (Å²) in [6.07, 6.45) is 41.5. The molecule has 2 fully saturated rings. The van der Waals surface area contributed by atoms with E-state index < -0.39 is 86.7 Å². The predicted molar refractivity (Wildman–Crippen MR) is 289 cm³/mol. The Kier molecular flexibility index (Phi) is 41.6. The quantitative estimate of drug-likeness (QED) is 0.0172. The first-order valence-corrected chi connectivity index (χ1v) is 28.5.